The second-order valence-electron chi connectivity index (χ2n) is 3.90. The standard InChI is InChI=1S/C11H21N5OS/c1-8-7-14-10(18-8)9(2)15-11(16-12)13-5-4-6-17-3/h7,9H,4-6,12H2,1-3H3,(H2,13,15,16). The number of hydrogen-bond acceptors (Lipinski definition) is 5. The molecule has 7 heteroatoms. The third-order valence-electron chi connectivity index (χ3n) is 2.28. The van der Waals surface area contributed by atoms with Crippen LogP contribution in [0.15, 0.2) is 11.2 Å². The lowest BCUT2D eigenvalue weighted by Crippen LogP contribution is -2.42. The summed E-state index contributed by atoms with van der Waals surface area (Å²) in [5, 5.41) is 4.21. The smallest absolute Gasteiger partial charge is 0.206 e. The third-order valence-corrected chi connectivity index (χ3v) is 3.37. The Morgan fingerprint density at radius 1 is 1.67 bits per heavy atom. The van der Waals surface area contributed by atoms with Gasteiger partial charge in [-0.25, -0.2) is 10.8 Å². The first-order valence-corrected chi connectivity index (χ1v) is 6.68. The maximum Gasteiger partial charge on any atom is 0.206 e. The van der Waals surface area contributed by atoms with E-state index in [0.717, 1.165) is 11.4 Å². The summed E-state index contributed by atoms with van der Waals surface area (Å²) in [6, 6.07) is 0.0842. The van der Waals surface area contributed by atoms with E-state index in [0.29, 0.717) is 19.1 Å². The molecule has 0 saturated heterocycles. The number of hydrazine groups is 1. The van der Waals surface area contributed by atoms with Gasteiger partial charge in [0.25, 0.3) is 0 Å². The monoisotopic (exact) mass is 271 g/mol. The molecular weight excluding hydrogens is 250 g/mol. The number of aliphatic imine (C=N–C) groups is 1. The van der Waals surface area contributed by atoms with E-state index < -0.39 is 0 Å². The molecule has 0 aliphatic rings. The number of thiazole rings is 1. The van der Waals surface area contributed by atoms with E-state index >= 15 is 0 Å². The molecule has 4 N–H and O–H groups in total. The van der Waals surface area contributed by atoms with Crippen LogP contribution in [-0.4, -0.2) is 31.2 Å². The average Bonchev–Trinajstić information content (AvgIpc) is 2.79. The van der Waals surface area contributed by atoms with Crippen molar-refractivity contribution in [1.29, 1.82) is 0 Å². The second kappa shape index (κ2) is 8.02. The number of ether oxygens (including phenoxy) is 1. The van der Waals surface area contributed by atoms with Crippen LogP contribution < -0.4 is 16.6 Å². The fourth-order valence-electron chi connectivity index (χ4n) is 1.37. The summed E-state index contributed by atoms with van der Waals surface area (Å²) in [6.45, 7) is 5.43. The van der Waals surface area contributed by atoms with Crippen molar-refractivity contribution in [2.45, 2.75) is 26.3 Å². The Balaban J connectivity index is 2.46. The summed E-state index contributed by atoms with van der Waals surface area (Å²) >= 11 is 1.66. The quantitative estimate of drug-likeness (QED) is 0.236. The van der Waals surface area contributed by atoms with E-state index in [2.05, 4.69) is 20.7 Å². The fraction of sp³-hybridized carbons (Fsp3) is 0.636. The van der Waals surface area contributed by atoms with Crippen LogP contribution in [0.1, 0.15) is 29.3 Å². The van der Waals surface area contributed by atoms with Crippen LogP contribution in [0.4, 0.5) is 0 Å². The van der Waals surface area contributed by atoms with E-state index in [1.54, 1.807) is 18.4 Å². The number of rotatable bonds is 6. The minimum atomic E-state index is 0.0842. The lowest BCUT2D eigenvalue weighted by atomic mass is 10.3. The minimum absolute atomic E-state index is 0.0842. The topological polar surface area (TPSA) is 84.6 Å². The van der Waals surface area contributed by atoms with Crippen molar-refractivity contribution in [1.82, 2.24) is 15.7 Å². The summed E-state index contributed by atoms with van der Waals surface area (Å²) in [4.78, 5) is 9.84. The SMILES string of the molecule is COCCCN=C(NN)NC(C)c1ncc(C)s1. The van der Waals surface area contributed by atoms with Gasteiger partial charge in [-0.05, 0) is 20.3 Å². The van der Waals surface area contributed by atoms with Crippen molar-refractivity contribution in [2.75, 3.05) is 20.3 Å². The number of nitrogens with two attached hydrogens (primary N) is 1. The van der Waals surface area contributed by atoms with E-state index in [1.807, 2.05) is 20.0 Å². The lowest BCUT2D eigenvalue weighted by Gasteiger charge is -2.14. The Labute approximate surface area is 112 Å². The summed E-state index contributed by atoms with van der Waals surface area (Å²) in [7, 11) is 1.68. The van der Waals surface area contributed by atoms with Gasteiger partial charge in [0, 0.05) is 31.3 Å². The highest BCUT2D eigenvalue weighted by molar-refractivity contribution is 7.11. The van der Waals surface area contributed by atoms with Crippen LogP contribution in [0, 0.1) is 6.92 Å². The van der Waals surface area contributed by atoms with Crippen LogP contribution in [-0.2, 0) is 4.74 Å². The molecular formula is C11H21N5OS. The van der Waals surface area contributed by atoms with Gasteiger partial charge in [0.1, 0.15) is 5.01 Å². The fourth-order valence-corrected chi connectivity index (χ4v) is 2.15. The van der Waals surface area contributed by atoms with Crippen molar-refractivity contribution in [2.24, 2.45) is 10.8 Å². The van der Waals surface area contributed by atoms with Crippen molar-refractivity contribution >= 4 is 17.3 Å². The molecule has 1 rings (SSSR count). The molecule has 102 valence electrons. The summed E-state index contributed by atoms with van der Waals surface area (Å²) in [5.74, 6) is 6.00. The van der Waals surface area contributed by atoms with Crippen LogP contribution >= 0.6 is 11.3 Å². The Morgan fingerprint density at radius 2 is 2.44 bits per heavy atom. The summed E-state index contributed by atoms with van der Waals surface area (Å²) in [5.41, 5.74) is 2.56. The average molecular weight is 271 g/mol. The highest BCUT2D eigenvalue weighted by Crippen LogP contribution is 2.18. The van der Waals surface area contributed by atoms with E-state index in [9.17, 15) is 0 Å². The molecule has 6 nitrogen and oxygen atoms in total. The van der Waals surface area contributed by atoms with Crippen molar-refractivity contribution < 1.29 is 4.74 Å². The predicted molar refractivity (Wildman–Crippen MR) is 74.5 cm³/mol. The molecule has 0 amide bonds. The van der Waals surface area contributed by atoms with Crippen LogP contribution in [0.25, 0.3) is 0 Å². The second-order valence-corrected chi connectivity index (χ2v) is 5.16. The van der Waals surface area contributed by atoms with Gasteiger partial charge in [-0.3, -0.25) is 10.4 Å². The molecule has 0 bridgehead atoms. The highest BCUT2D eigenvalue weighted by Gasteiger charge is 2.10. The number of nitrogens with zero attached hydrogens (tertiary/aromatic N) is 2. The Morgan fingerprint density at radius 3 is 3.00 bits per heavy atom. The zero-order valence-corrected chi connectivity index (χ0v) is 11.9. The molecule has 0 fully saturated rings. The molecule has 0 aromatic carbocycles. The van der Waals surface area contributed by atoms with Gasteiger partial charge < -0.3 is 10.1 Å². The third kappa shape index (κ3) is 4.99. The van der Waals surface area contributed by atoms with Gasteiger partial charge in [-0.1, -0.05) is 0 Å². The summed E-state index contributed by atoms with van der Waals surface area (Å²) < 4.78 is 4.96. The molecule has 1 aromatic rings. The number of nitrogens with one attached hydrogen (secondary N) is 2. The van der Waals surface area contributed by atoms with Gasteiger partial charge in [-0.15, -0.1) is 11.3 Å². The Bertz CT molecular complexity index is 379. The van der Waals surface area contributed by atoms with Crippen molar-refractivity contribution in [3.8, 4) is 0 Å². The zero-order valence-electron chi connectivity index (χ0n) is 11.1. The molecule has 1 aromatic heterocycles. The Hall–Kier alpha value is -1.18. The van der Waals surface area contributed by atoms with Crippen LogP contribution in [0.3, 0.4) is 0 Å². The number of guanidine groups is 1. The Kier molecular flexibility index (Phi) is 6.63. The number of hydrogen-bond donors (Lipinski definition) is 3. The molecule has 1 unspecified atom stereocenters. The van der Waals surface area contributed by atoms with Crippen LogP contribution in [0.2, 0.25) is 0 Å². The van der Waals surface area contributed by atoms with E-state index in [-0.39, 0.29) is 6.04 Å². The number of methoxy groups -OCH3 is 1. The number of aromatic nitrogens is 1. The molecule has 0 aliphatic carbocycles. The maximum absolute atomic E-state index is 5.43. The molecule has 0 aliphatic heterocycles. The van der Waals surface area contributed by atoms with Crippen molar-refractivity contribution in [3.63, 3.8) is 0 Å². The van der Waals surface area contributed by atoms with E-state index in [4.69, 9.17) is 10.6 Å². The number of aryl methyl sites for hydroxylation is 1. The predicted octanol–water partition coefficient (Wildman–Crippen LogP) is 0.958. The first-order valence-electron chi connectivity index (χ1n) is 5.86. The van der Waals surface area contributed by atoms with Gasteiger partial charge >= 0.3 is 0 Å². The van der Waals surface area contributed by atoms with Gasteiger partial charge in [-0.2, -0.15) is 0 Å². The molecule has 0 radical (unpaired) electrons. The molecule has 0 spiro atoms. The normalized spacial score (nSPS) is 13.4. The van der Waals surface area contributed by atoms with E-state index in [1.165, 1.54) is 4.88 Å². The van der Waals surface area contributed by atoms with Gasteiger partial charge in [0.05, 0.1) is 6.04 Å². The maximum atomic E-state index is 5.43. The molecule has 18 heavy (non-hydrogen) atoms. The molecule has 0 saturated carbocycles. The largest absolute Gasteiger partial charge is 0.385 e. The molecule has 1 heterocycles. The van der Waals surface area contributed by atoms with Crippen LogP contribution in [0.5, 0.6) is 0 Å². The van der Waals surface area contributed by atoms with Gasteiger partial charge in [0.15, 0.2) is 0 Å². The van der Waals surface area contributed by atoms with Crippen molar-refractivity contribution in [3.05, 3.63) is 16.1 Å². The molecule has 1 atom stereocenters. The highest BCUT2D eigenvalue weighted by atomic mass is 32.1. The first-order chi connectivity index (χ1) is 8.67. The zero-order chi connectivity index (χ0) is 13.4. The lowest BCUT2D eigenvalue weighted by molar-refractivity contribution is 0.197. The van der Waals surface area contributed by atoms with Gasteiger partial charge in [0.2, 0.25) is 5.96 Å². The first kappa shape index (κ1) is 14.9. The summed E-state index contributed by atoms with van der Waals surface area (Å²) in [6.07, 6.45) is 2.73. The minimum Gasteiger partial charge on any atom is -0.385 e.